The number of aromatic nitrogens is 4. The fraction of sp³-hybridized carbons (Fsp3) is 0. The summed E-state index contributed by atoms with van der Waals surface area (Å²) in [5.74, 6) is 1.60. The van der Waals surface area contributed by atoms with E-state index < -0.39 is 0 Å². The molecule has 9 rings (SSSR count). The van der Waals surface area contributed by atoms with Gasteiger partial charge in [0, 0.05) is 27.5 Å². The smallest absolute Gasteiger partial charge is 0.164 e. The number of fused-ring (bicyclic) bond motifs is 3. The number of hydrogen-bond donors (Lipinski definition) is 0. The number of nitrogens with zero attached hydrogens (tertiary/aromatic N) is 7. The first-order valence-electron chi connectivity index (χ1n) is 17.6. The Labute approximate surface area is 316 Å². The van der Waals surface area contributed by atoms with Crippen LogP contribution in [0.4, 0.5) is 0 Å². The Balaban J connectivity index is 1.27. The molecule has 2 aromatic heterocycles. The van der Waals surface area contributed by atoms with E-state index in [2.05, 4.69) is 59.2 Å². The molecule has 254 valence electrons. The second-order valence-corrected chi connectivity index (χ2v) is 13.1. The summed E-state index contributed by atoms with van der Waals surface area (Å²) in [6.45, 7) is 0. The molecule has 0 atom stereocenters. The minimum Gasteiger partial charge on any atom is -0.308 e. The molecule has 55 heavy (non-hydrogen) atoms. The Morgan fingerprint density at radius 3 is 1.22 bits per heavy atom. The van der Waals surface area contributed by atoms with E-state index in [-0.39, 0.29) is 0 Å². The molecule has 0 aliphatic carbocycles. The molecule has 0 N–H and O–H groups in total. The maximum Gasteiger partial charge on any atom is 0.164 e. The van der Waals surface area contributed by atoms with Gasteiger partial charge in [0.1, 0.15) is 6.07 Å². The van der Waals surface area contributed by atoms with Crippen molar-refractivity contribution in [1.82, 2.24) is 19.5 Å². The molecule has 9 aromatic rings. The van der Waals surface area contributed by atoms with Crippen LogP contribution in [0.1, 0.15) is 16.7 Å². The van der Waals surface area contributed by atoms with Crippen molar-refractivity contribution < 1.29 is 0 Å². The monoisotopic (exact) mass is 701 g/mol. The summed E-state index contributed by atoms with van der Waals surface area (Å²) in [6, 6.07) is 60.0. The Hall–Kier alpha value is -8.18. The van der Waals surface area contributed by atoms with Crippen molar-refractivity contribution in [2.24, 2.45) is 0 Å². The van der Waals surface area contributed by atoms with Crippen molar-refractivity contribution in [3.05, 3.63) is 180 Å². The van der Waals surface area contributed by atoms with E-state index in [1.807, 2.05) is 127 Å². The van der Waals surface area contributed by atoms with Crippen LogP contribution in [0.25, 0.3) is 83.9 Å². The van der Waals surface area contributed by atoms with Gasteiger partial charge in [-0.1, -0.05) is 97.1 Å². The van der Waals surface area contributed by atoms with Gasteiger partial charge in [0.15, 0.2) is 17.5 Å². The van der Waals surface area contributed by atoms with Gasteiger partial charge in [0.05, 0.1) is 45.5 Å². The first-order valence-corrected chi connectivity index (χ1v) is 17.6. The van der Waals surface area contributed by atoms with Gasteiger partial charge in [-0.15, -0.1) is 0 Å². The highest BCUT2D eigenvalue weighted by atomic mass is 15.0. The van der Waals surface area contributed by atoms with Crippen LogP contribution in [0.15, 0.2) is 164 Å². The van der Waals surface area contributed by atoms with Gasteiger partial charge in [-0.3, -0.25) is 0 Å². The van der Waals surface area contributed by atoms with Crippen LogP contribution in [0.2, 0.25) is 0 Å². The highest BCUT2D eigenvalue weighted by Crippen LogP contribution is 2.39. The van der Waals surface area contributed by atoms with Crippen molar-refractivity contribution >= 4 is 21.8 Å². The van der Waals surface area contributed by atoms with Gasteiger partial charge in [0.2, 0.25) is 0 Å². The molecule has 7 nitrogen and oxygen atoms in total. The Bertz CT molecular complexity index is 2860. The summed E-state index contributed by atoms with van der Waals surface area (Å²) in [6.07, 6.45) is 0. The summed E-state index contributed by atoms with van der Waals surface area (Å²) in [5.41, 5.74) is 10.7. The van der Waals surface area contributed by atoms with Crippen LogP contribution < -0.4 is 0 Å². The lowest BCUT2D eigenvalue weighted by Gasteiger charge is -2.13. The van der Waals surface area contributed by atoms with Gasteiger partial charge >= 0.3 is 0 Å². The molecule has 0 bridgehead atoms. The molecule has 0 amide bonds. The summed E-state index contributed by atoms with van der Waals surface area (Å²) >= 11 is 0. The third kappa shape index (κ3) is 6.03. The molecule has 0 saturated heterocycles. The maximum atomic E-state index is 10.5. The van der Waals surface area contributed by atoms with Crippen molar-refractivity contribution in [3.63, 3.8) is 0 Å². The lowest BCUT2D eigenvalue weighted by molar-refractivity contribution is 1.07. The van der Waals surface area contributed by atoms with E-state index in [0.29, 0.717) is 39.9 Å². The van der Waals surface area contributed by atoms with E-state index in [0.717, 1.165) is 60.8 Å². The van der Waals surface area contributed by atoms with Crippen LogP contribution in [0.3, 0.4) is 0 Å². The summed E-state index contributed by atoms with van der Waals surface area (Å²) in [4.78, 5) is 14.8. The Kier molecular flexibility index (Phi) is 8.18. The van der Waals surface area contributed by atoms with Crippen LogP contribution in [0.5, 0.6) is 0 Å². The zero-order valence-electron chi connectivity index (χ0n) is 29.2. The normalized spacial score (nSPS) is 10.9. The van der Waals surface area contributed by atoms with Crippen LogP contribution in [0, 0.1) is 34.0 Å². The van der Waals surface area contributed by atoms with Crippen molar-refractivity contribution in [2.75, 3.05) is 0 Å². The minimum absolute atomic E-state index is 0.491. The quantitative estimate of drug-likeness (QED) is 0.170. The molecule has 0 aliphatic heterocycles. The maximum absolute atomic E-state index is 10.5. The van der Waals surface area contributed by atoms with E-state index in [9.17, 15) is 15.8 Å². The molecule has 0 fully saturated rings. The molecule has 0 aliphatic rings. The first kappa shape index (κ1) is 32.7. The first-order chi connectivity index (χ1) is 27.1. The predicted molar refractivity (Wildman–Crippen MR) is 215 cm³/mol. The summed E-state index contributed by atoms with van der Waals surface area (Å²) < 4.78 is 2.13. The number of nitriles is 3. The van der Waals surface area contributed by atoms with E-state index in [1.165, 1.54) is 0 Å². The van der Waals surface area contributed by atoms with Gasteiger partial charge < -0.3 is 4.57 Å². The zero-order valence-corrected chi connectivity index (χ0v) is 29.2. The molecular weight excluding hydrogens is 675 g/mol. The fourth-order valence-corrected chi connectivity index (χ4v) is 7.00. The predicted octanol–water partition coefficient (Wildman–Crippen LogP) is 10.9. The molecule has 0 saturated carbocycles. The largest absolute Gasteiger partial charge is 0.308 e. The second-order valence-electron chi connectivity index (χ2n) is 13.1. The molecule has 0 spiro atoms. The van der Waals surface area contributed by atoms with Crippen LogP contribution >= 0.6 is 0 Å². The van der Waals surface area contributed by atoms with Crippen molar-refractivity contribution in [1.29, 1.82) is 15.8 Å². The van der Waals surface area contributed by atoms with E-state index >= 15 is 0 Å². The lowest BCUT2D eigenvalue weighted by Crippen LogP contribution is -2.02. The van der Waals surface area contributed by atoms with Gasteiger partial charge in [-0.05, 0) is 89.0 Å². The zero-order chi connectivity index (χ0) is 37.3. The molecule has 0 unspecified atom stereocenters. The van der Waals surface area contributed by atoms with Crippen molar-refractivity contribution in [2.45, 2.75) is 0 Å². The van der Waals surface area contributed by atoms with Crippen molar-refractivity contribution in [3.8, 4) is 80.3 Å². The third-order valence-corrected chi connectivity index (χ3v) is 9.78. The molecule has 0 radical (unpaired) electrons. The lowest BCUT2D eigenvalue weighted by atomic mass is 9.99. The Morgan fingerprint density at radius 2 is 0.782 bits per heavy atom. The summed E-state index contributed by atoms with van der Waals surface area (Å²) in [7, 11) is 0. The van der Waals surface area contributed by atoms with Gasteiger partial charge in [-0.2, -0.15) is 15.8 Å². The highest BCUT2D eigenvalue weighted by molar-refractivity contribution is 6.12. The second kappa shape index (κ2) is 13.7. The van der Waals surface area contributed by atoms with Gasteiger partial charge in [0.25, 0.3) is 0 Å². The van der Waals surface area contributed by atoms with E-state index in [4.69, 9.17) is 15.0 Å². The van der Waals surface area contributed by atoms with E-state index in [1.54, 1.807) is 0 Å². The number of benzene rings is 7. The van der Waals surface area contributed by atoms with Crippen LogP contribution in [-0.2, 0) is 0 Å². The highest BCUT2D eigenvalue weighted by Gasteiger charge is 2.19. The molecule has 2 heterocycles. The number of hydrogen-bond acceptors (Lipinski definition) is 6. The van der Waals surface area contributed by atoms with Gasteiger partial charge in [-0.25, -0.2) is 15.0 Å². The average Bonchev–Trinajstić information content (AvgIpc) is 3.59. The molecular formula is C48H27N7. The SMILES string of the molecule is N#Cc1ccc(-c2ccc3c(c2)c2cc(-c4ccc(C#N)cc4)ccc2n3-c2cc(-c3nc(-c4ccccc4)nc(-c4ccccc4)n3)ccc2C#N)cc1. The standard InChI is InChI=1S/C48H27N7/c49-28-31-11-15-33(16-12-31)37-21-23-43-41(25-37)42-26-38(34-17-13-32(29-50)14-18-34)22-24-44(42)55(43)45-27-39(19-20-40(45)30-51)48-53-46(35-7-3-1-4-8-35)52-47(54-48)36-9-5-2-6-10-36/h1-27H. The average molecular weight is 702 g/mol. The summed E-state index contributed by atoms with van der Waals surface area (Å²) in [5, 5.41) is 31.3. The number of rotatable bonds is 6. The topological polar surface area (TPSA) is 115 Å². The molecule has 7 heteroatoms. The minimum atomic E-state index is 0.491. The Morgan fingerprint density at radius 1 is 0.364 bits per heavy atom. The van der Waals surface area contributed by atoms with Crippen LogP contribution in [-0.4, -0.2) is 19.5 Å². The fourth-order valence-electron chi connectivity index (χ4n) is 7.00. The molecule has 7 aromatic carbocycles. The third-order valence-electron chi connectivity index (χ3n) is 9.78.